The van der Waals surface area contributed by atoms with E-state index in [9.17, 15) is 0 Å². The van der Waals surface area contributed by atoms with Crippen LogP contribution >= 0.6 is 0 Å². The summed E-state index contributed by atoms with van der Waals surface area (Å²) in [6, 6.07) is 18.9. The second-order valence-corrected chi connectivity index (χ2v) is 3.24. The summed E-state index contributed by atoms with van der Waals surface area (Å²) in [6.45, 7) is 2.07. The van der Waals surface area contributed by atoms with Crippen LogP contribution in [-0.4, -0.2) is 7.28 Å². The van der Waals surface area contributed by atoms with Crippen molar-refractivity contribution in [1.82, 2.24) is 0 Å². The molecule has 1 radical (unpaired) electrons. The normalized spacial score (nSPS) is 9.79. The molecular weight excluding hydrogens is 167 g/mol. The lowest BCUT2D eigenvalue weighted by molar-refractivity contribution is 1.64. The highest BCUT2D eigenvalue weighted by atomic mass is 14.0. The fraction of sp³-hybridized carbons (Fsp3) is 0.0769. The third-order valence-electron chi connectivity index (χ3n) is 2.36. The van der Waals surface area contributed by atoms with Crippen molar-refractivity contribution in [1.29, 1.82) is 0 Å². The van der Waals surface area contributed by atoms with Crippen LogP contribution in [-0.2, 0) is 0 Å². The molecule has 67 valence electrons. The second kappa shape index (κ2) is 4.14. The van der Waals surface area contributed by atoms with E-state index >= 15 is 0 Å². The van der Waals surface area contributed by atoms with Crippen LogP contribution in [0.2, 0.25) is 6.82 Å². The van der Waals surface area contributed by atoms with Crippen molar-refractivity contribution in [2.45, 2.75) is 6.82 Å². The highest BCUT2D eigenvalue weighted by molar-refractivity contribution is 6.54. The quantitative estimate of drug-likeness (QED) is 0.621. The van der Waals surface area contributed by atoms with Crippen LogP contribution in [0.25, 0.3) is 11.1 Å². The second-order valence-electron chi connectivity index (χ2n) is 3.24. The zero-order valence-corrected chi connectivity index (χ0v) is 8.27. The van der Waals surface area contributed by atoms with Crippen LogP contribution in [0.1, 0.15) is 0 Å². The Kier molecular flexibility index (Phi) is 2.69. The molecular formula is C13H12B. The minimum Gasteiger partial charge on any atom is -0.0872 e. The summed E-state index contributed by atoms with van der Waals surface area (Å²) in [7, 11) is 2.14. The maximum absolute atomic E-state index is 2.16. The molecule has 0 amide bonds. The van der Waals surface area contributed by atoms with Gasteiger partial charge in [-0.3, -0.25) is 0 Å². The summed E-state index contributed by atoms with van der Waals surface area (Å²) >= 11 is 0. The van der Waals surface area contributed by atoms with Gasteiger partial charge < -0.3 is 0 Å². The van der Waals surface area contributed by atoms with Crippen molar-refractivity contribution in [2.24, 2.45) is 0 Å². The highest BCUT2D eigenvalue weighted by Crippen LogP contribution is 2.15. The number of benzene rings is 2. The Balaban J connectivity index is 2.51. The molecule has 0 aliphatic carbocycles. The van der Waals surface area contributed by atoms with Crippen LogP contribution < -0.4 is 5.46 Å². The third-order valence-corrected chi connectivity index (χ3v) is 2.36. The smallest absolute Gasteiger partial charge is 0.0872 e. The standard InChI is InChI=1S/C13H12B/c1-14-13-10-6-5-9-12(13)11-7-3-2-4-8-11/h2-10H,1H3. The van der Waals surface area contributed by atoms with Gasteiger partial charge in [-0.05, 0) is 11.1 Å². The van der Waals surface area contributed by atoms with Crippen LogP contribution in [0.3, 0.4) is 0 Å². The van der Waals surface area contributed by atoms with Gasteiger partial charge in [0.1, 0.15) is 7.28 Å². The molecule has 14 heavy (non-hydrogen) atoms. The van der Waals surface area contributed by atoms with E-state index in [0.29, 0.717) is 0 Å². The van der Waals surface area contributed by atoms with E-state index in [4.69, 9.17) is 0 Å². The summed E-state index contributed by atoms with van der Waals surface area (Å²) in [5.74, 6) is 0. The van der Waals surface area contributed by atoms with Crippen molar-refractivity contribution in [3.05, 3.63) is 54.6 Å². The fourth-order valence-corrected chi connectivity index (χ4v) is 1.63. The van der Waals surface area contributed by atoms with E-state index in [1.807, 2.05) is 6.07 Å². The first-order valence-electron chi connectivity index (χ1n) is 4.85. The number of rotatable bonds is 2. The fourth-order valence-electron chi connectivity index (χ4n) is 1.63. The van der Waals surface area contributed by atoms with Gasteiger partial charge in [0.25, 0.3) is 0 Å². The first-order valence-corrected chi connectivity index (χ1v) is 4.85. The van der Waals surface area contributed by atoms with Crippen molar-refractivity contribution < 1.29 is 0 Å². The van der Waals surface area contributed by atoms with Gasteiger partial charge in [-0.25, -0.2) is 0 Å². The van der Waals surface area contributed by atoms with Crippen molar-refractivity contribution in [2.75, 3.05) is 0 Å². The van der Waals surface area contributed by atoms with Crippen LogP contribution in [0.15, 0.2) is 54.6 Å². The predicted octanol–water partition coefficient (Wildman–Crippen LogP) is 2.73. The summed E-state index contributed by atoms with van der Waals surface area (Å²) in [5, 5.41) is 0. The molecule has 0 saturated carbocycles. The molecule has 0 bridgehead atoms. The molecule has 0 heterocycles. The Morgan fingerprint density at radius 2 is 1.43 bits per heavy atom. The van der Waals surface area contributed by atoms with E-state index in [2.05, 4.69) is 62.6 Å². The van der Waals surface area contributed by atoms with Crippen molar-refractivity contribution >= 4 is 12.7 Å². The molecule has 2 aromatic rings. The van der Waals surface area contributed by atoms with Gasteiger partial charge in [-0.15, -0.1) is 0 Å². The van der Waals surface area contributed by atoms with Gasteiger partial charge in [0.05, 0.1) is 0 Å². The van der Waals surface area contributed by atoms with E-state index in [1.54, 1.807) is 0 Å². The molecule has 0 atom stereocenters. The zero-order valence-electron chi connectivity index (χ0n) is 8.27. The van der Waals surface area contributed by atoms with Gasteiger partial charge in [0.2, 0.25) is 0 Å². The average Bonchev–Trinajstić information content (AvgIpc) is 2.30. The van der Waals surface area contributed by atoms with Gasteiger partial charge in [0.15, 0.2) is 0 Å². The largest absolute Gasteiger partial charge is 0.149 e. The monoisotopic (exact) mass is 179 g/mol. The molecule has 0 aliphatic heterocycles. The third kappa shape index (κ3) is 1.72. The molecule has 0 fully saturated rings. The van der Waals surface area contributed by atoms with E-state index < -0.39 is 0 Å². The minimum absolute atomic E-state index is 1.28. The Morgan fingerprint density at radius 3 is 2.14 bits per heavy atom. The molecule has 1 heteroatoms. The highest BCUT2D eigenvalue weighted by Gasteiger charge is 2.01. The summed E-state index contributed by atoms with van der Waals surface area (Å²) < 4.78 is 0. The summed E-state index contributed by atoms with van der Waals surface area (Å²) in [6.07, 6.45) is 0. The van der Waals surface area contributed by atoms with Gasteiger partial charge in [0, 0.05) is 0 Å². The SMILES string of the molecule is C[B]c1ccccc1-c1ccccc1. The molecule has 2 aromatic carbocycles. The first-order chi connectivity index (χ1) is 6.92. The Morgan fingerprint density at radius 1 is 0.786 bits per heavy atom. The van der Waals surface area contributed by atoms with E-state index in [-0.39, 0.29) is 0 Å². The van der Waals surface area contributed by atoms with Crippen LogP contribution in [0, 0.1) is 0 Å². The van der Waals surface area contributed by atoms with E-state index in [1.165, 1.54) is 16.6 Å². The molecule has 0 N–H and O–H groups in total. The summed E-state index contributed by atoms with van der Waals surface area (Å²) in [5.41, 5.74) is 3.87. The molecule has 0 nitrogen and oxygen atoms in total. The zero-order chi connectivity index (χ0) is 9.80. The van der Waals surface area contributed by atoms with Crippen LogP contribution in [0.4, 0.5) is 0 Å². The average molecular weight is 179 g/mol. The minimum atomic E-state index is 1.28. The summed E-state index contributed by atoms with van der Waals surface area (Å²) in [4.78, 5) is 0. The molecule has 0 aliphatic rings. The lowest BCUT2D eigenvalue weighted by Gasteiger charge is -2.06. The van der Waals surface area contributed by atoms with Crippen molar-refractivity contribution in [3.63, 3.8) is 0 Å². The molecule has 0 spiro atoms. The Labute approximate surface area is 85.8 Å². The van der Waals surface area contributed by atoms with E-state index in [0.717, 1.165) is 0 Å². The lowest BCUT2D eigenvalue weighted by Crippen LogP contribution is -2.12. The molecule has 0 unspecified atom stereocenters. The predicted molar refractivity (Wildman–Crippen MR) is 63.1 cm³/mol. The Bertz CT molecular complexity index is 407. The number of hydrogen-bond acceptors (Lipinski definition) is 0. The number of hydrogen-bond donors (Lipinski definition) is 0. The maximum atomic E-state index is 2.16. The topological polar surface area (TPSA) is 0 Å². The van der Waals surface area contributed by atoms with Gasteiger partial charge in [-0.2, -0.15) is 0 Å². The molecule has 0 aromatic heterocycles. The lowest BCUT2D eigenvalue weighted by atomic mass is 9.70. The van der Waals surface area contributed by atoms with Gasteiger partial charge in [-0.1, -0.05) is 66.9 Å². The van der Waals surface area contributed by atoms with Crippen molar-refractivity contribution in [3.8, 4) is 11.1 Å². The first kappa shape index (κ1) is 9.08. The maximum Gasteiger partial charge on any atom is 0.149 e. The van der Waals surface area contributed by atoms with Crippen LogP contribution in [0.5, 0.6) is 0 Å². The Hall–Kier alpha value is -1.50. The molecule has 0 saturated heterocycles. The van der Waals surface area contributed by atoms with Gasteiger partial charge >= 0.3 is 0 Å². The molecule has 2 rings (SSSR count).